The predicted octanol–water partition coefficient (Wildman–Crippen LogP) is 1.83. The molecule has 0 unspecified atom stereocenters. The van der Waals surface area contributed by atoms with E-state index in [0.717, 1.165) is 0 Å². The number of halogens is 3. The summed E-state index contributed by atoms with van der Waals surface area (Å²) in [6, 6.07) is -0.525. The normalized spacial score (nSPS) is 22.7. The van der Waals surface area contributed by atoms with Crippen molar-refractivity contribution in [3.8, 4) is 0 Å². The van der Waals surface area contributed by atoms with Crippen LogP contribution in [0.2, 0.25) is 0 Å². The van der Waals surface area contributed by atoms with Gasteiger partial charge in [0.25, 0.3) is 0 Å². The minimum Gasteiger partial charge on any atom is -0.378 e. The maximum Gasteiger partial charge on any atom is 0.390 e. The van der Waals surface area contributed by atoms with Crippen molar-refractivity contribution in [2.75, 3.05) is 39.4 Å². The maximum absolute atomic E-state index is 12.3. The third kappa shape index (κ3) is 5.31. The van der Waals surface area contributed by atoms with Gasteiger partial charge in [-0.1, -0.05) is 0 Å². The van der Waals surface area contributed by atoms with Gasteiger partial charge in [-0.3, -0.25) is 0 Å². The van der Waals surface area contributed by atoms with Crippen molar-refractivity contribution in [1.29, 1.82) is 0 Å². The summed E-state index contributed by atoms with van der Waals surface area (Å²) in [6.07, 6.45) is -3.57. The summed E-state index contributed by atoms with van der Waals surface area (Å²) in [5.41, 5.74) is 0. The lowest BCUT2D eigenvalue weighted by molar-refractivity contribution is -0.139. The first-order valence-electron chi connectivity index (χ1n) is 7.79. The van der Waals surface area contributed by atoms with E-state index in [2.05, 4.69) is 5.32 Å². The van der Waals surface area contributed by atoms with Crippen LogP contribution in [0.3, 0.4) is 0 Å². The third-order valence-electron chi connectivity index (χ3n) is 4.10. The van der Waals surface area contributed by atoms with Crippen molar-refractivity contribution in [1.82, 2.24) is 15.1 Å². The van der Waals surface area contributed by atoms with Crippen LogP contribution in [0.5, 0.6) is 0 Å². The fraction of sp³-hybridized carbons (Fsp3) is 0.929. The predicted molar refractivity (Wildman–Crippen MR) is 75.7 cm³/mol. The molecule has 5 nitrogen and oxygen atoms in total. The highest BCUT2D eigenvalue weighted by molar-refractivity contribution is 5.74. The molecule has 0 saturated carbocycles. The van der Waals surface area contributed by atoms with Gasteiger partial charge in [0.15, 0.2) is 0 Å². The Morgan fingerprint density at radius 2 is 1.73 bits per heavy atom. The first-order valence-corrected chi connectivity index (χ1v) is 7.79. The van der Waals surface area contributed by atoms with Crippen LogP contribution in [0.4, 0.5) is 18.0 Å². The quantitative estimate of drug-likeness (QED) is 0.862. The number of likely N-dealkylation sites (tertiary alicyclic amines) is 1. The number of nitrogens with zero attached hydrogens (tertiary/aromatic N) is 2. The van der Waals surface area contributed by atoms with Crippen molar-refractivity contribution in [2.24, 2.45) is 0 Å². The average molecular weight is 323 g/mol. The Bertz CT molecular complexity index is 365. The van der Waals surface area contributed by atoms with Gasteiger partial charge in [-0.15, -0.1) is 0 Å². The molecule has 2 fully saturated rings. The molecule has 0 radical (unpaired) electrons. The van der Waals surface area contributed by atoms with E-state index in [1.165, 1.54) is 0 Å². The Morgan fingerprint density at radius 3 is 2.27 bits per heavy atom. The Morgan fingerprint density at radius 1 is 1.18 bits per heavy atom. The molecule has 2 saturated heterocycles. The SMILES string of the molecule is C[C@@H](CC(F)(F)F)NC1CCN(C(=O)N2CCOCC2)CC1. The van der Waals surface area contributed by atoms with Crippen LogP contribution in [0, 0.1) is 0 Å². The van der Waals surface area contributed by atoms with Crippen molar-refractivity contribution >= 4 is 6.03 Å². The third-order valence-corrected chi connectivity index (χ3v) is 4.10. The van der Waals surface area contributed by atoms with Gasteiger partial charge in [-0.2, -0.15) is 13.2 Å². The highest BCUT2D eigenvalue weighted by atomic mass is 19.4. The molecule has 1 N–H and O–H groups in total. The molecule has 8 heteroatoms. The summed E-state index contributed by atoms with van der Waals surface area (Å²) >= 11 is 0. The standard InChI is InChI=1S/C14H24F3N3O2/c1-11(10-14(15,16)17)18-12-2-4-19(5-3-12)13(21)20-6-8-22-9-7-20/h11-12,18H,2-10H2,1H3/t11-/m0/s1. The summed E-state index contributed by atoms with van der Waals surface area (Å²) < 4.78 is 42.2. The Labute approximate surface area is 128 Å². The Balaban J connectivity index is 1.72. The Kier molecular flexibility index (Phi) is 5.91. The number of hydrogen-bond acceptors (Lipinski definition) is 3. The number of piperidine rings is 1. The van der Waals surface area contributed by atoms with Crippen molar-refractivity contribution in [2.45, 2.75) is 44.4 Å². The second-order valence-electron chi connectivity index (χ2n) is 6.03. The van der Waals surface area contributed by atoms with Gasteiger partial charge in [-0.05, 0) is 19.8 Å². The van der Waals surface area contributed by atoms with E-state index >= 15 is 0 Å². The summed E-state index contributed by atoms with van der Waals surface area (Å²) in [4.78, 5) is 15.9. The summed E-state index contributed by atoms with van der Waals surface area (Å²) in [5, 5.41) is 3.02. The number of alkyl halides is 3. The molecule has 2 rings (SSSR count). The van der Waals surface area contributed by atoms with Gasteiger partial charge in [0.05, 0.1) is 19.6 Å². The van der Waals surface area contributed by atoms with Crippen molar-refractivity contribution < 1.29 is 22.7 Å². The van der Waals surface area contributed by atoms with Crippen LogP contribution < -0.4 is 5.32 Å². The lowest BCUT2D eigenvalue weighted by Crippen LogP contribution is -2.53. The summed E-state index contributed by atoms with van der Waals surface area (Å²) in [5.74, 6) is 0. The minimum absolute atomic E-state index is 0.0186. The van der Waals surface area contributed by atoms with Gasteiger partial charge >= 0.3 is 12.2 Å². The van der Waals surface area contributed by atoms with Gasteiger partial charge in [0.1, 0.15) is 0 Å². The number of ether oxygens (including phenoxy) is 1. The van der Waals surface area contributed by atoms with E-state index in [0.29, 0.717) is 52.2 Å². The van der Waals surface area contributed by atoms with Crippen LogP contribution in [0.15, 0.2) is 0 Å². The number of nitrogens with one attached hydrogen (secondary N) is 1. The zero-order chi connectivity index (χ0) is 16.2. The number of hydrogen-bond donors (Lipinski definition) is 1. The van der Waals surface area contributed by atoms with Crippen LogP contribution in [0.1, 0.15) is 26.2 Å². The molecular formula is C14H24F3N3O2. The molecule has 22 heavy (non-hydrogen) atoms. The van der Waals surface area contributed by atoms with E-state index in [4.69, 9.17) is 4.74 Å². The molecule has 128 valence electrons. The average Bonchev–Trinajstić information content (AvgIpc) is 2.46. The van der Waals surface area contributed by atoms with Crippen LogP contribution in [0.25, 0.3) is 0 Å². The maximum atomic E-state index is 12.3. The number of urea groups is 1. The number of carbonyl (C=O) groups excluding carboxylic acids is 1. The van der Waals surface area contributed by atoms with Gasteiger partial charge in [0.2, 0.25) is 0 Å². The van der Waals surface area contributed by atoms with Gasteiger partial charge in [0, 0.05) is 38.3 Å². The highest BCUT2D eigenvalue weighted by Gasteiger charge is 2.32. The molecule has 2 aliphatic rings. The summed E-state index contributed by atoms with van der Waals surface area (Å²) in [7, 11) is 0. The first kappa shape index (κ1) is 17.3. The minimum atomic E-state index is -4.14. The van der Waals surface area contributed by atoms with E-state index < -0.39 is 18.6 Å². The fourth-order valence-corrected chi connectivity index (χ4v) is 3.00. The van der Waals surface area contributed by atoms with Gasteiger partial charge < -0.3 is 19.9 Å². The molecule has 0 bridgehead atoms. The summed E-state index contributed by atoms with van der Waals surface area (Å²) in [6.45, 7) is 5.09. The van der Waals surface area contributed by atoms with Crippen molar-refractivity contribution in [3.05, 3.63) is 0 Å². The topological polar surface area (TPSA) is 44.8 Å². The second-order valence-corrected chi connectivity index (χ2v) is 6.03. The smallest absolute Gasteiger partial charge is 0.378 e. The second kappa shape index (κ2) is 7.50. The van der Waals surface area contributed by atoms with E-state index in [1.54, 1.807) is 16.7 Å². The molecule has 2 amide bonds. The molecule has 1 atom stereocenters. The molecule has 0 aromatic heterocycles. The molecular weight excluding hydrogens is 299 g/mol. The molecule has 0 aliphatic carbocycles. The number of carbonyl (C=O) groups is 1. The fourth-order valence-electron chi connectivity index (χ4n) is 3.00. The molecule has 2 aliphatic heterocycles. The van der Waals surface area contributed by atoms with E-state index in [9.17, 15) is 18.0 Å². The molecule has 0 spiro atoms. The zero-order valence-corrected chi connectivity index (χ0v) is 12.9. The Hall–Kier alpha value is -1.02. The molecule has 0 aromatic carbocycles. The number of rotatable bonds is 3. The first-order chi connectivity index (χ1) is 10.3. The van der Waals surface area contributed by atoms with Crippen molar-refractivity contribution in [3.63, 3.8) is 0 Å². The number of amides is 2. The van der Waals surface area contributed by atoms with Crippen LogP contribution in [-0.2, 0) is 4.74 Å². The highest BCUT2D eigenvalue weighted by Crippen LogP contribution is 2.22. The lowest BCUT2D eigenvalue weighted by Gasteiger charge is -2.38. The largest absolute Gasteiger partial charge is 0.390 e. The monoisotopic (exact) mass is 323 g/mol. The van der Waals surface area contributed by atoms with Crippen LogP contribution >= 0.6 is 0 Å². The van der Waals surface area contributed by atoms with E-state index in [1.807, 2.05) is 0 Å². The lowest BCUT2D eigenvalue weighted by atomic mass is 10.0. The van der Waals surface area contributed by atoms with Gasteiger partial charge in [-0.25, -0.2) is 4.79 Å². The van der Waals surface area contributed by atoms with E-state index in [-0.39, 0.29) is 12.1 Å². The molecule has 0 aromatic rings. The zero-order valence-electron chi connectivity index (χ0n) is 12.9. The number of morpholine rings is 1. The molecule has 2 heterocycles. The van der Waals surface area contributed by atoms with Crippen LogP contribution in [-0.4, -0.2) is 73.5 Å².